The molecule has 1 heterocycles. The molecule has 0 unspecified atom stereocenters. The Labute approximate surface area is 170 Å². The lowest BCUT2D eigenvalue weighted by Gasteiger charge is -2.34. The molecule has 1 aliphatic rings. The van der Waals surface area contributed by atoms with Crippen molar-refractivity contribution in [3.8, 4) is 0 Å². The number of aryl methyl sites for hydroxylation is 2. The fourth-order valence-electron chi connectivity index (χ4n) is 4.47. The minimum Gasteiger partial charge on any atom is -0.386 e. The summed E-state index contributed by atoms with van der Waals surface area (Å²) in [5, 5.41) is 10.7. The number of hydrogen-bond acceptors (Lipinski definition) is 2. The Kier molecular flexibility index (Phi) is 6.42. The highest BCUT2D eigenvalue weighted by Gasteiger charge is 2.31. The lowest BCUT2D eigenvalue weighted by molar-refractivity contribution is -0.0317. The van der Waals surface area contributed by atoms with E-state index in [0.717, 1.165) is 12.8 Å². The van der Waals surface area contributed by atoms with E-state index in [9.17, 15) is 5.11 Å². The van der Waals surface area contributed by atoms with Crippen LogP contribution in [0.15, 0.2) is 48.5 Å². The average Bonchev–Trinajstić information content (AvgIpc) is 2.69. The summed E-state index contributed by atoms with van der Waals surface area (Å²) in [7, 11) is 0. The van der Waals surface area contributed by atoms with Gasteiger partial charge in [0.2, 0.25) is 0 Å². The van der Waals surface area contributed by atoms with E-state index in [-0.39, 0.29) is 5.41 Å². The van der Waals surface area contributed by atoms with Crippen LogP contribution in [-0.2, 0) is 10.2 Å². The normalized spacial score (nSPS) is 17.2. The number of aliphatic hydroxyl groups is 1. The van der Waals surface area contributed by atoms with Crippen LogP contribution in [0.3, 0.4) is 0 Å². The molecule has 2 aromatic rings. The summed E-state index contributed by atoms with van der Waals surface area (Å²) in [4.78, 5) is 0. The van der Waals surface area contributed by atoms with Gasteiger partial charge in [-0.3, -0.25) is 0 Å². The molecule has 0 saturated carbocycles. The van der Waals surface area contributed by atoms with Gasteiger partial charge in [-0.2, -0.15) is 0 Å². The third-order valence-electron chi connectivity index (χ3n) is 6.53. The van der Waals surface area contributed by atoms with Crippen LogP contribution in [0.2, 0.25) is 0 Å². The zero-order chi connectivity index (χ0) is 20.2. The van der Waals surface area contributed by atoms with Gasteiger partial charge in [0.05, 0.1) is 5.60 Å². The average molecular weight is 379 g/mol. The van der Waals surface area contributed by atoms with Crippen molar-refractivity contribution in [3.63, 3.8) is 0 Å². The summed E-state index contributed by atoms with van der Waals surface area (Å²) in [6.07, 6.45) is 7.52. The molecule has 0 aliphatic carbocycles. The van der Waals surface area contributed by atoms with Crippen LogP contribution in [0.1, 0.15) is 67.3 Å². The molecule has 0 spiro atoms. The smallest absolute Gasteiger partial charge is 0.0874 e. The summed E-state index contributed by atoms with van der Waals surface area (Å²) in [6.45, 7) is 10.2. The summed E-state index contributed by atoms with van der Waals surface area (Å²) in [6, 6.07) is 15.8. The zero-order valence-electron chi connectivity index (χ0n) is 17.8. The molecule has 3 rings (SSSR count). The number of benzene rings is 2. The van der Waals surface area contributed by atoms with E-state index < -0.39 is 5.60 Å². The van der Waals surface area contributed by atoms with Gasteiger partial charge >= 0.3 is 0 Å². The fourth-order valence-corrected chi connectivity index (χ4v) is 4.47. The van der Waals surface area contributed by atoms with E-state index in [4.69, 9.17) is 4.74 Å². The second-order valence-corrected chi connectivity index (χ2v) is 8.28. The molecular weight excluding hydrogens is 344 g/mol. The van der Waals surface area contributed by atoms with Crippen LogP contribution in [-0.4, -0.2) is 23.9 Å². The van der Waals surface area contributed by atoms with Crippen molar-refractivity contribution in [2.75, 3.05) is 13.2 Å². The lowest BCUT2D eigenvalue weighted by atomic mass is 9.70. The highest BCUT2D eigenvalue weighted by molar-refractivity contribution is 5.57. The molecule has 2 aromatic carbocycles. The highest BCUT2D eigenvalue weighted by atomic mass is 16.5. The van der Waals surface area contributed by atoms with Gasteiger partial charge in [-0.1, -0.05) is 74.0 Å². The summed E-state index contributed by atoms with van der Waals surface area (Å²) in [5.41, 5.74) is 5.82. The number of ether oxygens (including phenoxy) is 1. The number of rotatable bonds is 6. The highest BCUT2D eigenvalue weighted by Crippen LogP contribution is 2.40. The Balaban J connectivity index is 1.93. The standard InChI is InChI=1S/C26H34O2/c1-5-26(6-2,23-9-7-8-20(3)18-23)24-11-10-22(21(4)19-24)12-13-25(27)14-16-28-17-15-25/h7-13,18-19,27H,5-6,14-17H2,1-4H3. The molecule has 150 valence electrons. The van der Waals surface area contributed by atoms with Crippen molar-refractivity contribution in [3.05, 3.63) is 76.4 Å². The van der Waals surface area contributed by atoms with Gasteiger partial charge in [-0.25, -0.2) is 0 Å². The van der Waals surface area contributed by atoms with Gasteiger partial charge in [-0.15, -0.1) is 0 Å². The first kappa shape index (κ1) is 20.8. The second-order valence-electron chi connectivity index (χ2n) is 8.28. The molecule has 2 heteroatoms. The molecule has 1 aliphatic heterocycles. The zero-order valence-corrected chi connectivity index (χ0v) is 17.8. The second kappa shape index (κ2) is 8.63. The van der Waals surface area contributed by atoms with Crippen LogP contribution in [0, 0.1) is 13.8 Å². The maximum Gasteiger partial charge on any atom is 0.0874 e. The van der Waals surface area contributed by atoms with E-state index in [1.165, 1.54) is 27.8 Å². The van der Waals surface area contributed by atoms with Gasteiger partial charge in [-0.05, 0) is 48.9 Å². The lowest BCUT2D eigenvalue weighted by Crippen LogP contribution is -2.33. The van der Waals surface area contributed by atoms with Crippen molar-refractivity contribution < 1.29 is 9.84 Å². The predicted molar refractivity (Wildman–Crippen MR) is 118 cm³/mol. The molecule has 1 fully saturated rings. The maximum absolute atomic E-state index is 10.7. The minimum atomic E-state index is -0.735. The third kappa shape index (κ3) is 4.24. The van der Waals surface area contributed by atoms with Crippen LogP contribution < -0.4 is 0 Å². The van der Waals surface area contributed by atoms with Crippen LogP contribution >= 0.6 is 0 Å². The molecule has 1 N–H and O–H groups in total. The van der Waals surface area contributed by atoms with Gasteiger partial charge < -0.3 is 9.84 Å². The Bertz CT molecular complexity index is 824. The van der Waals surface area contributed by atoms with E-state index >= 15 is 0 Å². The van der Waals surface area contributed by atoms with Crippen LogP contribution in [0.5, 0.6) is 0 Å². The Morgan fingerprint density at radius 3 is 2.29 bits per heavy atom. The Morgan fingerprint density at radius 2 is 1.68 bits per heavy atom. The Morgan fingerprint density at radius 1 is 1.00 bits per heavy atom. The van der Waals surface area contributed by atoms with E-state index in [2.05, 4.69) is 76.2 Å². The fraction of sp³-hybridized carbons (Fsp3) is 0.462. The quantitative estimate of drug-likeness (QED) is 0.671. The number of hydrogen-bond donors (Lipinski definition) is 1. The molecule has 1 saturated heterocycles. The molecule has 0 radical (unpaired) electrons. The summed E-state index contributed by atoms with van der Waals surface area (Å²) >= 11 is 0. The van der Waals surface area contributed by atoms with Crippen molar-refractivity contribution >= 4 is 6.08 Å². The monoisotopic (exact) mass is 378 g/mol. The molecule has 28 heavy (non-hydrogen) atoms. The van der Waals surface area contributed by atoms with Gasteiger partial charge in [0.1, 0.15) is 0 Å². The first-order chi connectivity index (χ1) is 13.4. The van der Waals surface area contributed by atoms with Crippen molar-refractivity contribution in [1.29, 1.82) is 0 Å². The molecular formula is C26H34O2. The molecule has 0 atom stereocenters. The van der Waals surface area contributed by atoms with Gasteiger partial charge in [0.15, 0.2) is 0 Å². The van der Waals surface area contributed by atoms with Crippen LogP contribution in [0.25, 0.3) is 6.08 Å². The topological polar surface area (TPSA) is 29.5 Å². The van der Waals surface area contributed by atoms with Gasteiger partial charge in [0, 0.05) is 31.5 Å². The summed E-state index contributed by atoms with van der Waals surface area (Å²) < 4.78 is 5.38. The summed E-state index contributed by atoms with van der Waals surface area (Å²) in [5.74, 6) is 0. The maximum atomic E-state index is 10.7. The van der Waals surface area contributed by atoms with Crippen molar-refractivity contribution in [2.45, 2.75) is 64.4 Å². The van der Waals surface area contributed by atoms with Crippen molar-refractivity contribution in [1.82, 2.24) is 0 Å². The first-order valence-electron chi connectivity index (χ1n) is 10.6. The van der Waals surface area contributed by atoms with E-state index in [1.54, 1.807) is 0 Å². The molecule has 0 aromatic heterocycles. The first-order valence-corrected chi connectivity index (χ1v) is 10.6. The SMILES string of the molecule is CCC(CC)(c1cccc(C)c1)c1ccc(C=CC2(O)CCOCC2)c(C)c1. The van der Waals surface area contributed by atoms with E-state index in [1.807, 2.05) is 6.08 Å². The molecule has 0 bridgehead atoms. The van der Waals surface area contributed by atoms with Crippen LogP contribution in [0.4, 0.5) is 0 Å². The predicted octanol–water partition coefficient (Wildman–Crippen LogP) is 5.96. The largest absolute Gasteiger partial charge is 0.386 e. The van der Waals surface area contributed by atoms with E-state index in [0.29, 0.717) is 26.1 Å². The van der Waals surface area contributed by atoms with Gasteiger partial charge in [0.25, 0.3) is 0 Å². The minimum absolute atomic E-state index is 0.0396. The molecule has 2 nitrogen and oxygen atoms in total. The third-order valence-corrected chi connectivity index (χ3v) is 6.53. The Hall–Kier alpha value is -1.90. The van der Waals surface area contributed by atoms with Crippen molar-refractivity contribution in [2.24, 2.45) is 0 Å². The molecule has 0 amide bonds.